The first-order valence-corrected chi connectivity index (χ1v) is 10.7. The number of aryl methyl sites for hydroxylation is 1. The molecule has 1 atom stereocenters. The highest BCUT2D eigenvalue weighted by atomic mass is 32.1. The molecule has 4 N–H and O–H groups in total. The van der Waals surface area contributed by atoms with Crippen LogP contribution in [0, 0.1) is 6.92 Å². The predicted molar refractivity (Wildman–Crippen MR) is 124 cm³/mol. The van der Waals surface area contributed by atoms with Crippen molar-refractivity contribution in [2.45, 2.75) is 19.4 Å². The zero-order valence-corrected chi connectivity index (χ0v) is 17.4. The van der Waals surface area contributed by atoms with Crippen LogP contribution in [-0.2, 0) is 6.42 Å². The summed E-state index contributed by atoms with van der Waals surface area (Å²) in [6.45, 7) is 2.66. The molecule has 0 fully saturated rings. The van der Waals surface area contributed by atoms with Crippen molar-refractivity contribution in [3.05, 3.63) is 71.9 Å². The molecule has 1 unspecified atom stereocenters. The van der Waals surface area contributed by atoms with Gasteiger partial charge >= 0.3 is 0 Å². The van der Waals surface area contributed by atoms with Gasteiger partial charge in [-0.3, -0.25) is 5.10 Å². The average molecular weight is 415 g/mol. The number of anilines is 1. The van der Waals surface area contributed by atoms with Crippen molar-refractivity contribution in [1.29, 1.82) is 0 Å². The van der Waals surface area contributed by atoms with E-state index in [1.54, 1.807) is 0 Å². The molecule has 0 radical (unpaired) electrons. The molecule has 150 valence electrons. The van der Waals surface area contributed by atoms with Crippen LogP contribution >= 0.6 is 11.3 Å². The van der Waals surface area contributed by atoms with Gasteiger partial charge in [0.25, 0.3) is 0 Å². The molecule has 0 aliphatic rings. The van der Waals surface area contributed by atoms with Crippen LogP contribution in [0.3, 0.4) is 0 Å². The van der Waals surface area contributed by atoms with E-state index in [0.29, 0.717) is 6.54 Å². The number of hydrogen-bond acceptors (Lipinski definition) is 6. The molecular weight excluding hydrogens is 392 g/mol. The maximum atomic E-state index is 6.37. The lowest BCUT2D eigenvalue weighted by Crippen LogP contribution is -2.31. The van der Waals surface area contributed by atoms with E-state index in [2.05, 4.69) is 74.2 Å². The van der Waals surface area contributed by atoms with E-state index < -0.39 is 0 Å². The highest BCUT2D eigenvalue weighted by Crippen LogP contribution is 2.29. The van der Waals surface area contributed by atoms with Gasteiger partial charge in [0.05, 0.1) is 5.52 Å². The van der Waals surface area contributed by atoms with Crippen LogP contribution in [0.2, 0.25) is 0 Å². The Balaban J connectivity index is 1.23. The van der Waals surface area contributed by atoms with E-state index in [0.717, 1.165) is 38.7 Å². The number of aromatic nitrogens is 4. The molecule has 6 nitrogen and oxygen atoms in total. The fourth-order valence-electron chi connectivity index (χ4n) is 3.64. The van der Waals surface area contributed by atoms with Crippen LogP contribution in [0.1, 0.15) is 11.3 Å². The van der Waals surface area contributed by atoms with Gasteiger partial charge in [-0.05, 0) is 47.9 Å². The number of nitrogens with one attached hydrogen (secondary N) is 2. The smallest absolute Gasteiger partial charge is 0.206 e. The Morgan fingerprint density at radius 1 is 1.03 bits per heavy atom. The number of nitrogens with two attached hydrogens (primary N) is 1. The third kappa shape index (κ3) is 3.77. The molecule has 0 aliphatic carbocycles. The normalized spacial score (nSPS) is 12.5. The molecule has 5 aromatic rings. The van der Waals surface area contributed by atoms with Crippen molar-refractivity contribution in [3.63, 3.8) is 0 Å². The van der Waals surface area contributed by atoms with E-state index in [9.17, 15) is 0 Å². The third-order valence-corrected chi connectivity index (χ3v) is 6.17. The second-order valence-corrected chi connectivity index (χ2v) is 8.50. The summed E-state index contributed by atoms with van der Waals surface area (Å²) >= 11 is 1.53. The molecule has 2 aromatic heterocycles. The Hall–Kier alpha value is -3.29. The van der Waals surface area contributed by atoms with Gasteiger partial charge in [-0.25, -0.2) is 0 Å². The molecule has 0 bridgehead atoms. The lowest BCUT2D eigenvalue weighted by molar-refractivity contribution is 0.699. The van der Waals surface area contributed by atoms with E-state index in [-0.39, 0.29) is 6.04 Å². The van der Waals surface area contributed by atoms with Crippen molar-refractivity contribution >= 4 is 38.1 Å². The minimum Gasteiger partial charge on any atom is -0.359 e. The second-order valence-electron chi connectivity index (χ2n) is 7.52. The standard InChI is InChI=1S/C23H22N6S/c1-14-20-12-18(8-9-21(20)27-26-14)22-28-29-23(30-22)25-13-19(24)11-15-6-7-16-4-2-3-5-17(16)10-15/h2-10,12,19H,11,13,24H2,1H3,(H,25,29)(H,26,27). The van der Waals surface area contributed by atoms with Gasteiger partial charge < -0.3 is 11.1 Å². The SMILES string of the molecule is Cc1[nH]nc2ccc(-c3nnc(NCC(N)Cc4ccc5ccccc5c4)s3)cc12. The number of rotatable bonds is 6. The summed E-state index contributed by atoms with van der Waals surface area (Å²) in [5.74, 6) is 0. The van der Waals surface area contributed by atoms with Gasteiger partial charge in [0.1, 0.15) is 5.01 Å². The van der Waals surface area contributed by atoms with Gasteiger partial charge in [0, 0.05) is 29.2 Å². The first kappa shape index (κ1) is 18.7. The van der Waals surface area contributed by atoms with Crippen molar-refractivity contribution in [1.82, 2.24) is 20.4 Å². The van der Waals surface area contributed by atoms with Gasteiger partial charge in [0.15, 0.2) is 0 Å². The van der Waals surface area contributed by atoms with Crippen LogP contribution in [0.4, 0.5) is 5.13 Å². The second kappa shape index (κ2) is 7.85. The van der Waals surface area contributed by atoms with Gasteiger partial charge in [-0.2, -0.15) is 5.10 Å². The average Bonchev–Trinajstić information content (AvgIpc) is 3.39. The summed E-state index contributed by atoms with van der Waals surface area (Å²) in [6, 6.07) is 21.0. The number of aromatic amines is 1. The van der Waals surface area contributed by atoms with E-state index in [1.807, 2.05) is 19.1 Å². The summed E-state index contributed by atoms with van der Waals surface area (Å²) in [6.07, 6.45) is 0.805. The van der Waals surface area contributed by atoms with Gasteiger partial charge in [-0.1, -0.05) is 53.8 Å². The first-order chi connectivity index (χ1) is 14.7. The summed E-state index contributed by atoms with van der Waals surface area (Å²) in [4.78, 5) is 0. The maximum Gasteiger partial charge on any atom is 0.206 e. The quantitative estimate of drug-likeness (QED) is 0.380. The number of hydrogen-bond donors (Lipinski definition) is 3. The molecule has 0 amide bonds. The number of nitrogens with zero attached hydrogens (tertiary/aromatic N) is 3. The molecule has 0 saturated carbocycles. The summed E-state index contributed by atoms with van der Waals surface area (Å²) < 4.78 is 0. The largest absolute Gasteiger partial charge is 0.359 e. The van der Waals surface area contributed by atoms with Crippen molar-refractivity contribution in [2.75, 3.05) is 11.9 Å². The molecular formula is C23H22N6S. The molecule has 2 heterocycles. The Labute approximate surface area is 178 Å². The molecule has 5 rings (SSSR count). The molecule has 3 aromatic carbocycles. The van der Waals surface area contributed by atoms with Crippen molar-refractivity contribution in [2.24, 2.45) is 5.73 Å². The Kier molecular flexibility index (Phi) is 4.90. The summed E-state index contributed by atoms with van der Waals surface area (Å²) in [5.41, 5.74) is 10.7. The van der Waals surface area contributed by atoms with Crippen LogP contribution in [-0.4, -0.2) is 33.0 Å². The fourth-order valence-corrected chi connectivity index (χ4v) is 4.39. The molecule has 7 heteroatoms. The fraction of sp³-hybridized carbons (Fsp3) is 0.174. The van der Waals surface area contributed by atoms with Crippen LogP contribution in [0.25, 0.3) is 32.2 Å². The molecule has 30 heavy (non-hydrogen) atoms. The van der Waals surface area contributed by atoms with Crippen LogP contribution < -0.4 is 11.1 Å². The number of H-pyrrole nitrogens is 1. The van der Waals surface area contributed by atoms with E-state index >= 15 is 0 Å². The summed E-state index contributed by atoms with van der Waals surface area (Å²) in [7, 11) is 0. The maximum absolute atomic E-state index is 6.37. The lowest BCUT2D eigenvalue weighted by atomic mass is 10.0. The van der Waals surface area contributed by atoms with E-state index in [1.165, 1.54) is 27.7 Å². The van der Waals surface area contributed by atoms with E-state index in [4.69, 9.17) is 5.73 Å². The Morgan fingerprint density at radius 3 is 2.80 bits per heavy atom. The minimum absolute atomic E-state index is 0.0107. The van der Waals surface area contributed by atoms with Crippen molar-refractivity contribution < 1.29 is 0 Å². The molecule has 0 spiro atoms. The van der Waals surface area contributed by atoms with Crippen LogP contribution in [0.15, 0.2) is 60.7 Å². The highest BCUT2D eigenvalue weighted by Gasteiger charge is 2.11. The summed E-state index contributed by atoms with van der Waals surface area (Å²) in [5, 5.41) is 24.5. The highest BCUT2D eigenvalue weighted by molar-refractivity contribution is 7.18. The zero-order chi connectivity index (χ0) is 20.5. The van der Waals surface area contributed by atoms with Crippen molar-refractivity contribution in [3.8, 4) is 10.6 Å². The first-order valence-electron chi connectivity index (χ1n) is 9.91. The predicted octanol–water partition coefficient (Wildman–Crippen LogP) is 4.52. The topological polar surface area (TPSA) is 92.5 Å². The Morgan fingerprint density at radius 2 is 1.90 bits per heavy atom. The van der Waals surface area contributed by atoms with Gasteiger partial charge in [-0.15, -0.1) is 10.2 Å². The van der Waals surface area contributed by atoms with Gasteiger partial charge in [0.2, 0.25) is 5.13 Å². The minimum atomic E-state index is -0.0107. The molecule has 0 aliphatic heterocycles. The Bertz CT molecular complexity index is 1320. The monoisotopic (exact) mass is 414 g/mol. The number of fused-ring (bicyclic) bond motifs is 2. The zero-order valence-electron chi connectivity index (χ0n) is 16.6. The third-order valence-electron chi connectivity index (χ3n) is 5.24. The molecule has 0 saturated heterocycles. The lowest BCUT2D eigenvalue weighted by Gasteiger charge is -2.12. The number of benzene rings is 3. The van der Waals surface area contributed by atoms with Crippen LogP contribution in [0.5, 0.6) is 0 Å².